The van der Waals surface area contributed by atoms with E-state index in [0.29, 0.717) is 12.1 Å². The SMILES string of the molecule is CCC(C)(CN)c1cc(F)cc(F)c1. The van der Waals surface area contributed by atoms with Crippen molar-refractivity contribution in [2.24, 2.45) is 5.73 Å². The first-order valence-electron chi connectivity index (χ1n) is 4.68. The molecular weight excluding hydrogens is 184 g/mol. The van der Waals surface area contributed by atoms with Gasteiger partial charge in [0.05, 0.1) is 0 Å². The molecule has 0 saturated carbocycles. The zero-order chi connectivity index (χ0) is 10.8. The first kappa shape index (κ1) is 11.1. The van der Waals surface area contributed by atoms with Crippen LogP contribution in [0.4, 0.5) is 8.78 Å². The molecule has 1 unspecified atom stereocenters. The summed E-state index contributed by atoms with van der Waals surface area (Å²) in [6, 6.07) is 3.56. The van der Waals surface area contributed by atoms with Crippen molar-refractivity contribution >= 4 is 0 Å². The van der Waals surface area contributed by atoms with Crippen molar-refractivity contribution in [3.63, 3.8) is 0 Å². The Hall–Kier alpha value is -0.960. The van der Waals surface area contributed by atoms with Crippen molar-refractivity contribution in [1.29, 1.82) is 0 Å². The minimum atomic E-state index is -0.548. The van der Waals surface area contributed by atoms with Crippen molar-refractivity contribution in [2.75, 3.05) is 6.54 Å². The molecule has 14 heavy (non-hydrogen) atoms. The van der Waals surface area contributed by atoms with E-state index in [1.54, 1.807) is 0 Å². The van der Waals surface area contributed by atoms with Crippen molar-refractivity contribution in [1.82, 2.24) is 0 Å². The highest BCUT2D eigenvalue weighted by Gasteiger charge is 2.23. The molecule has 0 fully saturated rings. The lowest BCUT2D eigenvalue weighted by atomic mass is 9.80. The Bertz CT molecular complexity index is 299. The van der Waals surface area contributed by atoms with Crippen molar-refractivity contribution in [3.05, 3.63) is 35.4 Å². The van der Waals surface area contributed by atoms with Gasteiger partial charge in [0.15, 0.2) is 0 Å². The zero-order valence-corrected chi connectivity index (χ0v) is 8.48. The van der Waals surface area contributed by atoms with Gasteiger partial charge in [-0.3, -0.25) is 0 Å². The monoisotopic (exact) mass is 199 g/mol. The third kappa shape index (κ3) is 2.10. The summed E-state index contributed by atoms with van der Waals surface area (Å²) < 4.78 is 25.9. The largest absolute Gasteiger partial charge is 0.330 e. The molecule has 0 aromatic heterocycles. The first-order valence-corrected chi connectivity index (χ1v) is 4.68. The van der Waals surface area contributed by atoms with Crippen LogP contribution >= 0.6 is 0 Å². The third-order valence-corrected chi connectivity index (χ3v) is 2.79. The number of rotatable bonds is 3. The minimum absolute atomic E-state index is 0.344. The number of hydrogen-bond acceptors (Lipinski definition) is 1. The predicted molar refractivity (Wildman–Crippen MR) is 53.1 cm³/mol. The third-order valence-electron chi connectivity index (χ3n) is 2.79. The molecule has 1 atom stereocenters. The fourth-order valence-corrected chi connectivity index (χ4v) is 1.37. The lowest BCUT2D eigenvalue weighted by Crippen LogP contribution is -2.31. The summed E-state index contributed by atoms with van der Waals surface area (Å²) in [5.74, 6) is -1.10. The summed E-state index contributed by atoms with van der Waals surface area (Å²) in [7, 11) is 0. The Morgan fingerprint density at radius 3 is 2.07 bits per heavy atom. The maximum Gasteiger partial charge on any atom is 0.126 e. The highest BCUT2D eigenvalue weighted by Crippen LogP contribution is 2.27. The molecule has 2 N–H and O–H groups in total. The van der Waals surface area contributed by atoms with E-state index >= 15 is 0 Å². The fourth-order valence-electron chi connectivity index (χ4n) is 1.37. The lowest BCUT2D eigenvalue weighted by Gasteiger charge is -2.27. The van der Waals surface area contributed by atoms with Crippen LogP contribution in [-0.2, 0) is 5.41 Å². The molecular formula is C11H15F2N. The molecule has 0 saturated heterocycles. The van der Waals surface area contributed by atoms with Gasteiger partial charge in [0.1, 0.15) is 11.6 Å². The minimum Gasteiger partial charge on any atom is -0.330 e. The Balaban J connectivity index is 3.17. The molecule has 0 heterocycles. The van der Waals surface area contributed by atoms with Crippen molar-refractivity contribution < 1.29 is 8.78 Å². The summed E-state index contributed by atoms with van der Waals surface area (Å²) in [5, 5.41) is 0. The average molecular weight is 199 g/mol. The number of nitrogens with two attached hydrogens (primary N) is 1. The fraction of sp³-hybridized carbons (Fsp3) is 0.455. The Labute approximate surface area is 82.9 Å². The van der Waals surface area contributed by atoms with Crippen LogP contribution in [0.1, 0.15) is 25.8 Å². The van der Waals surface area contributed by atoms with Gasteiger partial charge in [-0.2, -0.15) is 0 Å². The zero-order valence-electron chi connectivity index (χ0n) is 8.48. The number of hydrogen-bond donors (Lipinski definition) is 1. The van der Waals surface area contributed by atoms with Crippen LogP contribution in [0.5, 0.6) is 0 Å². The van der Waals surface area contributed by atoms with Gasteiger partial charge in [-0.05, 0) is 24.1 Å². The summed E-state index contributed by atoms with van der Waals surface area (Å²) in [6.45, 7) is 4.24. The Kier molecular flexibility index (Phi) is 3.21. The smallest absolute Gasteiger partial charge is 0.126 e. The van der Waals surface area contributed by atoms with E-state index in [4.69, 9.17) is 5.73 Å². The molecule has 0 aliphatic carbocycles. The number of benzene rings is 1. The van der Waals surface area contributed by atoms with Gasteiger partial charge in [0.25, 0.3) is 0 Å². The topological polar surface area (TPSA) is 26.0 Å². The molecule has 0 amide bonds. The molecule has 0 aliphatic heterocycles. The van der Waals surface area contributed by atoms with Gasteiger partial charge >= 0.3 is 0 Å². The normalized spacial score (nSPS) is 15.2. The number of halogens is 2. The van der Waals surface area contributed by atoms with E-state index in [1.807, 2.05) is 13.8 Å². The molecule has 1 nitrogen and oxygen atoms in total. The molecule has 1 rings (SSSR count). The van der Waals surface area contributed by atoms with Gasteiger partial charge in [0.2, 0.25) is 0 Å². The van der Waals surface area contributed by atoms with E-state index in [9.17, 15) is 8.78 Å². The van der Waals surface area contributed by atoms with Crippen LogP contribution < -0.4 is 5.73 Å². The van der Waals surface area contributed by atoms with Crippen LogP contribution in [-0.4, -0.2) is 6.54 Å². The van der Waals surface area contributed by atoms with Gasteiger partial charge in [-0.25, -0.2) is 8.78 Å². The molecule has 1 aromatic rings. The molecule has 78 valence electrons. The van der Waals surface area contributed by atoms with Crippen molar-refractivity contribution in [3.8, 4) is 0 Å². The van der Waals surface area contributed by atoms with E-state index in [2.05, 4.69) is 0 Å². The van der Waals surface area contributed by atoms with Crippen LogP contribution in [0.25, 0.3) is 0 Å². The maximum atomic E-state index is 13.0. The van der Waals surface area contributed by atoms with Crippen LogP contribution in [0.15, 0.2) is 18.2 Å². The second kappa shape index (κ2) is 4.05. The van der Waals surface area contributed by atoms with Crippen molar-refractivity contribution in [2.45, 2.75) is 25.7 Å². The summed E-state index contributed by atoms with van der Waals surface area (Å²) in [4.78, 5) is 0. The van der Waals surface area contributed by atoms with Gasteiger partial charge < -0.3 is 5.73 Å². The van der Waals surface area contributed by atoms with E-state index < -0.39 is 11.6 Å². The van der Waals surface area contributed by atoms with Crippen LogP contribution in [0.2, 0.25) is 0 Å². The highest BCUT2D eigenvalue weighted by molar-refractivity contribution is 5.26. The molecule has 0 bridgehead atoms. The molecule has 0 spiro atoms. The second-order valence-corrected chi connectivity index (χ2v) is 3.78. The van der Waals surface area contributed by atoms with Gasteiger partial charge in [-0.1, -0.05) is 13.8 Å². The molecule has 3 heteroatoms. The first-order chi connectivity index (χ1) is 6.51. The summed E-state index contributed by atoms with van der Waals surface area (Å²) in [6.07, 6.45) is 0.756. The Morgan fingerprint density at radius 2 is 1.71 bits per heavy atom. The Morgan fingerprint density at radius 1 is 1.21 bits per heavy atom. The van der Waals surface area contributed by atoms with E-state index in [0.717, 1.165) is 12.5 Å². The molecule has 0 aliphatic rings. The average Bonchev–Trinajstić information content (AvgIpc) is 2.15. The van der Waals surface area contributed by atoms with E-state index in [1.165, 1.54) is 12.1 Å². The highest BCUT2D eigenvalue weighted by atomic mass is 19.1. The summed E-state index contributed by atoms with van der Waals surface area (Å²) >= 11 is 0. The lowest BCUT2D eigenvalue weighted by molar-refractivity contribution is 0.458. The quantitative estimate of drug-likeness (QED) is 0.795. The molecule has 0 radical (unpaired) electrons. The standard InChI is InChI=1S/C11H15F2N/c1-3-11(2,7-14)8-4-9(12)6-10(13)5-8/h4-6H,3,7,14H2,1-2H3. The van der Waals surface area contributed by atoms with E-state index in [-0.39, 0.29) is 5.41 Å². The van der Waals surface area contributed by atoms with Crippen LogP contribution in [0.3, 0.4) is 0 Å². The predicted octanol–water partition coefficient (Wildman–Crippen LogP) is 2.59. The van der Waals surface area contributed by atoms with Gasteiger partial charge in [0, 0.05) is 18.0 Å². The maximum absolute atomic E-state index is 13.0. The second-order valence-electron chi connectivity index (χ2n) is 3.78. The van der Waals surface area contributed by atoms with Crippen LogP contribution in [0, 0.1) is 11.6 Å². The van der Waals surface area contributed by atoms with Gasteiger partial charge in [-0.15, -0.1) is 0 Å². The molecule has 1 aromatic carbocycles. The summed E-state index contributed by atoms with van der Waals surface area (Å²) in [5.41, 5.74) is 5.89.